The lowest BCUT2D eigenvalue weighted by Crippen LogP contribution is -2.12. The molecule has 0 unspecified atom stereocenters. The second-order valence-electron chi connectivity index (χ2n) is 4.22. The molecule has 18 heavy (non-hydrogen) atoms. The Bertz CT molecular complexity index is 450. The molecule has 0 radical (unpaired) electrons. The number of aliphatic carboxylic acids is 1. The summed E-state index contributed by atoms with van der Waals surface area (Å²) in [5.74, 6) is -3.90. The number of halogens is 2. The molecule has 0 fully saturated rings. The second kappa shape index (κ2) is 5.33. The van der Waals surface area contributed by atoms with Crippen molar-refractivity contribution in [3.05, 3.63) is 28.8 Å². The highest BCUT2D eigenvalue weighted by Crippen LogP contribution is 2.38. The normalized spacial score (nSPS) is 11.4. The third kappa shape index (κ3) is 3.18. The predicted molar refractivity (Wildman–Crippen MR) is 63.3 cm³/mol. The Morgan fingerprint density at radius 2 is 2.06 bits per heavy atom. The van der Waals surface area contributed by atoms with Crippen LogP contribution in [0.2, 0.25) is 0 Å². The standard InChI is InChI=1S/C13H16F2O3/c1-8-4-6-10(13(2,14)15)12(18-3)9(8)5-7-11(16)17/h4,6H,5,7H2,1-3H3,(H,16,17). The molecule has 0 amide bonds. The number of carboxylic acid groups (broad SMARTS) is 1. The fraction of sp³-hybridized carbons (Fsp3) is 0.462. The van der Waals surface area contributed by atoms with Gasteiger partial charge in [-0.05, 0) is 30.5 Å². The maximum Gasteiger partial charge on any atom is 0.303 e. The van der Waals surface area contributed by atoms with Gasteiger partial charge in [0.25, 0.3) is 5.92 Å². The molecule has 3 nitrogen and oxygen atoms in total. The molecule has 1 N–H and O–H groups in total. The molecular formula is C13H16F2O3. The van der Waals surface area contributed by atoms with Crippen molar-refractivity contribution in [1.29, 1.82) is 0 Å². The lowest BCUT2D eigenvalue weighted by atomic mass is 9.96. The van der Waals surface area contributed by atoms with Crippen LogP contribution in [0.25, 0.3) is 0 Å². The van der Waals surface area contributed by atoms with Crippen molar-refractivity contribution in [3.8, 4) is 5.75 Å². The van der Waals surface area contributed by atoms with Gasteiger partial charge in [0.2, 0.25) is 0 Å². The Balaban J connectivity index is 3.26. The molecule has 0 heterocycles. The number of hydrogen-bond acceptors (Lipinski definition) is 2. The van der Waals surface area contributed by atoms with Crippen molar-refractivity contribution in [2.24, 2.45) is 0 Å². The number of alkyl halides is 2. The second-order valence-corrected chi connectivity index (χ2v) is 4.22. The molecule has 1 rings (SSSR count). The van der Waals surface area contributed by atoms with Crippen LogP contribution in [-0.4, -0.2) is 18.2 Å². The summed E-state index contributed by atoms with van der Waals surface area (Å²) in [6.07, 6.45) is 0.0597. The summed E-state index contributed by atoms with van der Waals surface area (Å²) in [7, 11) is 1.31. The molecule has 1 aromatic carbocycles. The minimum absolute atomic E-state index is 0.0868. The highest BCUT2D eigenvalue weighted by Gasteiger charge is 2.30. The van der Waals surface area contributed by atoms with Crippen LogP contribution < -0.4 is 4.74 Å². The van der Waals surface area contributed by atoms with Crippen LogP contribution in [0.3, 0.4) is 0 Å². The van der Waals surface area contributed by atoms with E-state index in [1.165, 1.54) is 13.2 Å². The van der Waals surface area contributed by atoms with Crippen molar-refractivity contribution in [2.45, 2.75) is 32.6 Å². The Morgan fingerprint density at radius 1 is 1.44 bits per heavy atom. The maximum atomic E-state index is 13.4. The Hall–Kier alpha value is -1.65. The van der Waals surface area contributed by atoms with Crippen LogP contribution in [0.15, 0.2) is 12.1 Å². The van der Waals surface area contributed by atoms with E-state index in [-0.39, 0.29) is 24.2 Å². The lowest BCUT2D eigenvalue weighted by Gasteiger charge is -2.19. The highest BCUT2D eigenvalue weighted by molar-refractivity contribution is 5.67. The number of carbonyl (C=O) groups is 1. The summed E-state index contributed by atoms with van der Waals surface area (Å²) in [5, 5.41) is 8.67. The number of carboxylic acids is 1. The van der Waals surface area contributed by atoms with E-state index >= 15 is 0 Å². The Labute approximate surface area is 104 Å². The van der Waals surface area contributed by atoms with Crippen molar-refractivity contribution >= 4 is 5.97 Å². The van der Waals surface area contributed by atoms with Crippen LogP contribution in [0.5, 0.6) is 5.75 Å². The molecule has 0 atom stereocenters. The molecule has 5 heteroatoms. The van der Waals surface area contributed by atoms with Crippen molar-refractivity contribution < 1.29 is 23.4 Å². The zero-order chi connectivity index (χ0) is 13.9. The summed E-state index contributed by atoms with van der Waals surface area (Å²) in [5.41, 5.74) is 1.07. The minimum Gasteiger partial charge on any atom is -0.496 e. The first-order chi connectivity index (χ1) is 8.27. The molecule has 100 valence electrons. The zero-order valence-electron chi connectivity index (χ0n) is 10.6. The zero-order valence-corrected chi connectivity index (χ0v) is 10.6. The van der Waals surface area contributed by atoms with Gasteiger partial charge in [-0.2, -0.15) is 0 Å². The molecular weight excluding hydrogens is 242 g/mol. The summed E-state index contributed by atoms with van der Waals surface area (Å²) >= 11 is 0. The van der Waals surface area contributed by atoms with Crippen LogP contribution in [0.4, 0.5) is 8.78 Å². The first-order valence-electron chi connectivity index (χ1n) is 5.54. The van der Waals surface area contributed by atoms with Crippen LogP contribution in [-0.2, 0) is 17.1 Å². The van der Waals surface area contributed by atoms with Gasteiger partial charge in [0.05, 0.1) is 12.7 Å². The van der Waals surface area contributed by atoms with E-state index in [4.69, 9.17) is 9.84 Å². The molecule has 0 bridgehead atoms. The molecule has 0 aromatic heterocycles. The van der Waals surface area contributed by atoms with E-state index in [0.29, 0.717) is 5.56 Å². The van der Waals surface area contributed by atoms with E-state index in [9.17, 15) is 13.6 Å². The number of ether oxygens (including phenoxy) is 1. The average Bonchev–Trinajstić information content (AvgIpc) is 2.24. The summed E-state index contributed by atoms with van der Waals surface area (Å²) in [6, 6.07) is 2.88. The molecule has 0 aliphatic heterocycles. The summed E-state index contributed by atoms with van der Waals surface area (Å²) in [6.45, 7) is 2.54. The van der Waals surface area contributed by atoms with Crippen LogP contribution in [0, 0.1) is 6.92 Å². The predicted octanol–water partition coefficient (Wildman–Crippen LogP) is 3.13. The van der Waals surface area contributed by atoms with Crippen molar-refractivity contribution in [1.82, 2.24) is 0 Å². The number of benzene rings is 1. The largest absolute Gasteiger partial charge is 0.496 e. The maximum absolute atomic E-state index is 13.4. The van der Waals surface area contributed by atoms with Gasteiger partial charge in [0, 0.05) is 13.3 Å². The first kappa shape index (κ1) is 14.4. The molecule has 0 aliphatic carbocycles. The van der Waals surface area contributed by atoms with Gasteiger partial charge >= 0.3 is 5.97 Å². The third-order valence-corrected chi connectivity index (χ3v) is 2.76. The monoisotopic (exact) mass is 258 g/mol. The molecule has 1 aromatic rings. The van der Waals surface area contributed by atoms with Gasteiger partial charge in [-0.1, -0.05) is 6.07 Å². The van der Waals surface area contributed by atoms with E-state index in [1.807, 2.05) is 0 Å². The number of methoxy groups -OCH3 is 1. The quantitative estimate of drug-likeness (QED) is 0.882. The third-order valence-electron chi connectivity index (χ3n) is 2.76. The van der Waals surface area contributed by atoms with Gasteiger partial charge in [-0.25, -0.2) is 8.78 Å². The molecule has 0 spiro atoms. The number of hydrogen-bond donors (Lipinski definition) is 1. The number of rotatable bonds is 5. The van der Waals surface area contributed by atoms with E-state index in [1.54, 1.807) is 13.0 Å². The molecule has 0 aliphatic rings. The van der Waals surface area contributed by atoms with Gasteiger partial charge in [0.15, 0.2) is 0 Å². The molecule has 0 saturated carbocycles. The summed E-state index contributed by atoms with van der Waals surface area (Å²) in [4.78, 5) is 10.6. The van der Waals surface area contributed by atoms with Gasteiger partial charge < -0.3 is 9.84 Å². The minimum atomic E-state index is -3.02. The Morgan fingerprint density at radius 3 is 2.50 bits per heavy atom. The summed E-state index contributed by atoms with van der Waals surface area (Å²) < 4.78 is 31.9. The van der Waals surface area contributed by atoms with E-state index < -0.39 is 11.9 Å². The fourth-order valence-electron chi connectivity index (χ4n) is 1.85. The van der Waals surface area contributed by atoms with E-state index in [2.05, 4.69) is 0 Å². The average molecular weight is 258 g/mol. The fourth-order valence-corrected chi connectivity index (χ4v) is 1.85. The highest BCUT2D eigenvalue weighted by atomic mass is 19.3. The topological polar surface area (TPSA) is 46.5 Å². The molecule has 0 saturated heterocycles. The van der Waals surface area contributed by atoms with Gasteiger partial charge in [-0.15, -0.1) is 0 Å². The SMILES string of the molecule is COc1c(C(C)(F)F)ccc(C)c1CCC(=O)O. The van der Waals surface area contributed by atoms with Gasteiger partial charge in [-0.3, -0.25) is 4.79 Å². The first-order valence-corrected chi connectivity index (χ1v) is 5.54. The number of aryl methyl sites for hydroxylation is 1. The van der Waals surface area contributed by atoms with Crippen LogP contribution in [0.1, 0.15) is 30.0 Å². The van der Waals surface area contributed by atoms with Gasteiger partial charge in [0.1, 0.15) is 5.75 Å². The van der Waals surface area contributed by atoms with Crippen molar-refractivity contribution in [2.75, 3.05) is 7.11 Å². The van der Waals surface area contributed by atoms with E-state index in [0.717, 1.165) is 12.5 Å². The smallest absolute Gasteiger partial charge is 0.303 e. The van der Waals surface area contributed by atoms with Crippen LogP contribution >= 0.6 is 0 Å². The van der Waals surface area contributed by atoms with Crippen molar-refractivity contribution in [3.63, 3.8) is 0 Å². The Kier molecular flexibility index (Phi) is 4.27. The lowest BCUT2D eigenvalue weighted by molar-refractivity contribution is -0.136.